The molecule has 3 heterocycles. The lowest BCUT2D eigenvalue weighted by atomic mass is 10.1. The topological polar surface area (TPSA) is 106 Å². The Morgan fingerprint density at radius 1 is 1.19 bits per heavy atom. The number of hydrogen-bond acceptors (Lipinski definition) is 9. The average Bonchev–Trinajstić information content (AvgIpc) is 3.51. The summed E-state index contributed by atoms with van der Waals surface area (Å²) in [4.78, 5) is 40.9. The standard InChI is InChI=1S/C24H31N5O4S3/c1-8-10-29-20(16-11-34-14(4)15(16)9-2)26-27-24(29)35-12-17(30)25-21-18(23(32)33-7)13(3)19(36-21)22(31)28(5)6/h11H,8-10,12H2,1-7H3,(H,25,30). The van der Waals surface area contributed by atoms with Crippen LogP contribution in [0.1, 0.15) is 56.3 Å². The molecule has 3 aromatic rings. The van der Waals surface area contributed by atoms with E-state index in [0.29, 0.717) is 20.6 Å². The first-order chi connectivity index (χ1) is 17.1. The molecule has 0 aliphatic rings. The highest BCUT2D eigenvalue weighted by Crippen LogP contribution is 2.35. The van der Waals surface area contributed by atoms with E-state index in [-0.39, 0.29) is 23.1 Å². The van der Waals surface area contributed by atoms with Gasteiger partial charge in [-0.1, -0.05) is 25.6 Å². The molecule has 0 bridgehead atoms. The summed E-state index contributed by atoms with van der Waals surface area (Å²) in [7, 11) is 4.54. The van der Waals surface area contributed by atoms with E-state index in [0.717, 1.165) is 42.1 Å². The van der Waals surface area contributed by atoms with Crippen LogP contribution in [0.2, 0.25) is 0 Å². The molecule has 0 saturated heterocycles. The van der Waals surface area contributed by atoms with Crippen molar-refractivity contribution in [1.82, 2.24) is 19.7 Å². The first-order valence-corrected chi connectivity index (χ1v) is 14.2. The van der Waals surface area contributed by atoms with E-state index in [9.17, 15) is 14.4 Å². The molecular formula is C24H31N5O4S3. The lowest BCUT2D eigenvalue weighted by Crippen LogP contribution is -2.21. The lowest BCUT2D eigenvalue weighted by molar-refractivity contribution is -0.113. The molecule has 0 aliphatic heterocycles. The maximum Gasteiger partial charge on any atom is 0.341 e. The van der Waals surface area contributed by atoms with E-state index in [1.54, 1.807) is 32.4 Å². The van der Waals surface area contributed by atoms with Crippen LogP contribution in [0.3, 0.4) is 0 Å². The van der Waals surface area contributed by atoms with Gasteiger partial charge in [0.05, 0.1) is 23.3 Å². The summed E-state index contributed by atoms with van der Waals surface area (Å²) in [5, 5.41) is 14.7. The summed E-state index contributed by atoms with van der Waals surface area (Å²) in [6.45, 7) is 8.74. The smallest absolute Gasteiger partial charge is 0.341 e. The fourth-order valence-electron chi connectivity index (χ4n) is 3.78. The van der Waals surface area contributed by atoms with Crippen LogP contribution in [0.25, 0.3) is 11.4 Å². The minimum Gasteiger partial charge on any atom is -0.465 e. The summed E-state index contributed by atoms with van der Waals surface area (Å²) < 4.78 is 6.95. The second-order valence-corrected chi connectivity index (χ2v) is 11.3. The maximum atomic E-state index is 12.9. The second-order valence-electron chi connectivity index (χ2n) is 8.28. The van der Waals surface area contributed by atoms with Crippen molar-refractivity contribution in [3.8, 4) is 11.4 Å². The molecule has 12 heteroatoms. The number of hydrogen-bond donors (Lipinski definition) is 1. The lowest BCUT2D eigenvalue weighted by Gasteiger charge is -2.10. The van der Waals surface area contributed by atoms with Crippen molar-refractivity contribution in [2.24, 2.45) is 0 Å². The molecule has 9 nitrogen and oxygen atoms in total. The van der Waals surface area contributed by atoms with Gasteiger partial charge in [-0.25, -0.2) is 4.79 Å². The number of aryl methyl sites for hydroxylation is 1. The molecule has 0 atom stereocenters. The molecule has 0 fully saturated rings. The quantitative estimate of drug-likeness (QED) is 0.284. The van der Waals surface area contributed by atoms with Crippen LogP contribution in [0.15, 0.2) is 10.5 Å². The first kappa shape index (κ1) is 27.9. The van der Waals surface area contributed by atoms with Gasteiger partial charge >= 0.3 is 5.97 Å². The van der Waals surface area contributed by atoms with Gasteiger partial charge in [0.15, 0.2) is 11.0 Å². The van der Waals surface area contributed by atoms with E-state index < -0.39 is 5.97 Å². The molecule has 0 unspecified atom stereocenters. The van der Waals surface area contributed by atoms with Crippen LogP contribution >= 0.6 is 34.4 Å². The molecule has 0 saturated carbocycles. The van der Waals surface area contributed by atoms with Crippen LogP contribution in [-0.4, -0.2) is 64.4 Å². The third-order valence-electron chi connectivity index (χ3n) is 5.58. The molecule has 0 aliphatic carbocycles. The third-order valence-corrected chi connectivity index (χ3v) is 8.70. The van der Waals surface area contributed by atoms with Crippen molar-refractivity contribution in [1.29, 1.82) is 0 Å². The van der Waals surface area contributed by atoms with Crippen molar-refractivity contribution in [2.75, 3.05) is 32.3 Å². The van der Waals surface area contributed by atoms with Gasteiger partial charge in [0.2, 0.25) is 5.91 Å². The number of thioether (sulfide) groups is 1. The Morgan fingerprint density at radius 2 is 1.92 bits per heavy atom. The Morgan fingerprint density at radius 3 is 2.53 bits per heavy atom. The number of carbonyl (C=O) groups excluding carboxylic acids is 3. The fraction of sp³-hybridized carbons (Fsp3) is 0.458. The van der Waals surface area contributed by atoms with Crippen LogP contribution in [0.4, 0.5) is 5.00 Å². The van der Waals surface area contributed by atoms with Crippen LogP contribution in [0.5, 0.6) is 0 Å². The predicted octanol–water partition coefficient (Wildman–Crippen LogP) is 4.88. The molecule has 3 rings (SSSR count). The fourth-order valence-corrected chi connectivity index (χ4v) is 6.71. The SMILES string of the molecule is CCCn1c(SCC(=O)Nc2sc(C(=O)N(C)C)c(C)c2C(=O)OC)nnc1-c1csc(C)c1CC. The summed E-state index contributed by atoms with van der Waals surface area (Å²) in [6.07, 6.45) is 1.81. The van der Waals surface area contributed by atoms with E-state index in [1.807, 2.05) is 0 Å². The van der Waals surface area contributed by atoms with Crippen LogP contribution in [-0.2, 0) is 22.5 Å². The molecule has 3 aromatic heterocycles. The normalized spacial score (nSPS) is 11.0. The first-order valence-electron chi connectivity index (χ1n) is 11.5. The molecule has 0 aromatic carbocycles. The Kier molecular flexibility index (Phi) is 9.31. The van der Waals surface area contributed by atoms with Crippen molar-refractivity contribution in [3.05, 3.63) is 31.8 Å². The molecule has 194 valence electrons. The van der Waals surface area contributed by atoms with E-state index >= 15 is 0 Å². The number of amides is 2. The highest BCUT2D eigenvalue weighted by molar-refractivity contribution is 7.99. The Balaban J connectivity index is 1.82. The molecule has 36 heavy (non-hydrogen) atoms. The number of anilines is 1. The monoisotopic (exact) mass is 549 g/mol. The number of nitrogens with one attached hydrogen (secondary N) is 1. The average molecular weight is 550 g/mol. The molecule has 1 N–H and O–H groups in total. The number of esters is 1. The van der Waals surface area contributed by atoms with Crippen LogP contribution in [0, 0.1) is 13.8 Å². The summed E-state index contributed by atoms with van der Waals surface area (Å²) >= 11 is 4.06. The van der Waals surface area contributed by atoms with Crippen molar-refractivity contribution in [3.63, 3.8) is 0 Å². The molecule has 0 radical (unpaired) electrons. The number of rotatable bonds is 10. The summed E-state index contributed by atoms with van der Waals surface area (Å²) in [5.74, 6) is -0.278. The largest absolute Gasteiger partial charge is 0.465 e. The van der Waals surface area contributed by atoms with Crippen LogP contribution < -0.4 is 5.32 Å². The zero-order valence-electron chi connectivity index (χ0n) is 21.6. The number of nitrogens with zero attached hydrogens (tertiary/aromatic N) is 4. The van der Waals surface area contributed by atoms with Crippen molar-refractivity contribution >= 4 is 57.2 Å². The number of methoxy groups -OCH3 is 1. The summed E-state index contributed by atoms with van der Waals surface area (Å²) in [6, 6.07) is 0. The van der Waals surface area contributed by atoms with Gasteiger partial charge < -0.3 is 19.5 Å². The van der Waals surface area contributed by atoms with Crippen molar-refractivity contribution < 1.29 is 19.1 Å². The van der Waals surface area contributed by atoms with Gasteiger partial charge in [-0.3, -0.25) is 9.59 Å². The maximum absolute atomic E-state index is 12.9. The summed E-state index contributed by atoms with van der Waals surface area (Å²) in [5.41, 5.74) is 3.04. The Labute approximate surface area is 223 Å². The van der Waals surface area contributed by atoms with Gasteiger partial charge in [0, 0.05) is 36.5 Å². The molecule has 0 spiro atoms. The number of thiophene rings is 2. The van der Waals surface area contributed by atoms with E-state index in [1.165, 1.54) is 34.2 Å². The number of carbonyl (C=O) groups is 3. The highest BCUT2D eigenvalue weighted by atomic mass is 32.2. The zero-order valence-corrected chi connectivity index (χ0v) is 24.0. The van der Waals surface area contributed by atoms with Gasteiger partial charge in [0.25, 0.3) is 5.91 Å². The van der Waals surface area contributed by atoms with E-state index in [4.69, 9.17) is 4.74 Å². The van der Waals surface area contributed by atoms with Gasteiger partial charge in [-0.05, 0) is 37.8 Å². The number of ether oxygens (including phenoxy) is 1. The molecular weight excluding hydrogens is 518 g/mol. The van der Waals surface area contributed by atoms with Gasteiger partial charge in [0.1, 0.15) is 5.00 Å². The highest BCUT2D eigenvalue weighted by Gasteiger charge is 2.27. The zero-order chi connectivity index (χ0) is 26.6. The van der Waals surface area contributed by atoms with Crippen molar-refractivity contribution in [2.45, 2.75) is 52.2 Å². The van der Waals surface area contributed by atoms with E-state index in [2.05, 4.69) is 46.2 Å². The Bertz CT molecular complexity index is 1280. The Hall–Kier alpha value is -2.70. The molecule has 2 amide bonds. The third kappa shape index (κ3) is 5.65. The minimum atomic E-state index is -0.602. The predicted molar refractivity (Wildman–Crippen MR) is 146 cm³/mol. The van der Waals surface area contributed by atoms with Gasteiger partial charge in [-0.2, -0.15) is 0 Å². The second kappa shape index (κ2) is 12.0. The number of aromatic nitrogens is 3. The minimum absolute atomic E-state index is 0.0691. The van der Waals surface area contributed by atoms with Gasteiger partial charge in [-0.15, -0.1) is 32.9 Å².